The third-order valence-electron chi connectivity index (χ3n) is 3.16. The van der Waals surface area contributed by atoms with Crippen molar-refractivity contribution in [3.63, 3.8) is 0 Å². The maximum atomic E-state index is 11.8. The fourth-order valence-electron chi connectivity index (χ4n) is 2.17. The Kier molecular flexibility index (Phi) is 7.26. The first-order valence-corrected chi connectivity index (χ1v) is 12.0. The molecule has 0 spiro atoms. The van der Waals surface area contributed by atoms with Crippen LogP contribution in [-0.4, -0.2) is 41.8 Å². The normalized spacial score (nSPS) is 24.6. The van der Waals surface area contributed by atoms with Crippen molar-refractivity contribution in [2.24, 2.45) is 0 Å². The van der Waals surface area contributed by atoms with Crippen LogP contribution in [0.25, 0.3) is 0 Å². The molecule has 1 aliphatic heterocycles. The number of aromatic nitrogens is 2. The predicted molar refractivity (Wildman–Crippen MR) is 89.3 cm³/mol. The van der Waals surface area contributed by atoms with Crippen LogP contribution in [0.3, 0.4) is 0 Å². The van der Waals surface area contributed by atoms with Crippen LogP contribution >= 0.6 is 35.1 Å². The number of aromatic amines is 1. The minimum atomic E-state index is -5.61. The molecule has 2 rings (SSSR count). The van der Waals surface area contributed by atoms with Crippen LogP contribution in [0.4, 0.5) is 0 Å². The van der Waals surface area contributed by atoms with Gasteiger partial charge in [0.05, 0.1) is 12.7 Å². The number of H-pyrrole nitrogens is 1. The minimum Gasteiger partial charge on any atom is -0.352 e. The van der Waals surface area contributed by atoms with Crippen LogP contribution in [0, 0.1) is 0 Å². The number of phosphoric acid groups is 3. The number of halogens is 1. The highest BCUT2D eigenvalue weighted by atomic mass is 35.5. The van der Waals surface area contributed by atoms with Crippen molar-refractivity contribution in [1.29, 1.82) is 0 Å². The Hall–Kier alpha value is -0.660. The van der Waals surface area contributed by atoms with Gasteiger partial charge in [-0.25, -0.2) is 18.5 Å². The molecule has 4 atom stereocenters. The molecular formula is C9H14ClN2O13P3. The van der Waals surface area contributed by atoms with Gasteiger partial charge in [-0.15, -0.1) is 0 Å². The molecule has 5 N–H and O–H groups in total. The van der Waals surface area contributed by atoms with Crippen molar-refractivity contribution >= 4 is 35.1 Å². The van der Waals surface area contributed by atoms with E-state index in [2.05, 4.69) is 13.1 Å². The topological polar surface area (TPSA) is 224 Å². The van der Waals surface area contributed by atoms with Gasteiger partial charge < -0.3 is 24.3 Å². The minimum absolute atomic E-state index is 0.212. The molecule has 19 heteroatoms. The molecule has 0 amide bonds. The Morgan fingerprint density at radius 3 is 2.39 bits per heavy atom. The number of ether oxygens (including phenoxy) is 1. The lowest BCUT2D eigenvalue weighted by atomic mass is 10.2. The second-order valence-electron chi connectivity index (χ2n) is 5.32. The first kappa shape index (κ1) is 23.6. The molecule has 28 heavy (non-hydrogen) atoms. The SMILES string of the molecule is O=c1[nH]c(=O)n([C@H]2CC[C@@H](COP(=O)(O)OP(=O)(O)OP(=O)(O)O)O2)cc1Cl. The Bertz CT molecular complexity index is 984. The molecule has 0 radical (unpaired) electrons. The maximum Gasteiger partial charge on any atom is 0.490 e. The van der Waals surface area contributed by atoms with Gasteiger partial charge in [0.15, 0.2) is 0 Å². The third kappa shape index (κ3) is 6.99. The summed E-state index contributed by atoms with van der Waals surface area (Å²) in [5.74, 6) is 0. The zero-order valence-electron chi connectivity index (χ0n) is 13.5. The van der Waals surface area contributed by atoms with E-state index in [4.69, 9.17) is 31.0 Å². The zero-order chi connectivity index (χ0) is 21.3. The van der Waals surface area contributed by atoms with E-state index in [0.29, 0.717) is 0 Å². The second-order valence-corrected chi connectivity index (χ2v) is 10.1. The van der Waals surface area contributed by atoms with Crippen molar-refractivity contribution in [1.82, 2.24) is 9.55 Å². The van der Waals surface area contributed by atoms with Gasteiger partial charge in [0.2, 0.25) is 0 Å². The van der Waals surface area contributed by atoms with Crippen LogP contribution in [0.15, 0.2) is 15.8 Å². The van der Waals surface area contributed by atoms with Crippen LogP contribution in [0.1, 0.15) is 19.1 Å². The molecule has 15 nitrogen and oxygen atoms in total. The fourth-order valence-corrected chi connectivity index (χ4v) is 5.37. The lowest BCUT2D eigenvalue weighted by Gasteiger charge is -2.18. The lowest BCUT2D eigenvalue weighted by molar-refractivity contribution is -0.0243. The number of nitrogens with one attached hydrogen (secondary N) is 1. The summed E-state index contributed by atoms with van der Waals surface area (Å²) in [7, 11) is -16.4. The summed E-state index contributed by atoms with van der Waals surface area (Å²) in [5.41, 5.74) is -1.59. The number of nitrogens with zero attached hydrogens (tertiary/aromatic N) is 1. The molecule has 1 saturated heterocycles. The monoisotopic (exact) mass is 486 g/mol. The van der Waals surface area contributed by atoms with Crippen LogP contribution in [0.2, 0.25) is 5.02 Å². The summed E-state index contributed by atoms with van der Waals surface area (Å²) in [5, 5.41) is -0.264. The van der Waals surface area contributed by atoms with Crippen molar-refractivity contribution in [3.8, 4) is 0 Å². The van der Waals surface area contributed by atoms with Crippen LogP contribution in [0.5, 0.6) is 0 Å². The molecule has 0 bridgehead atoms. The number of rotatable bonds is 8. The highest BCUT2D eigenvalue weighted by Gasteiger charge is 2.41. The van der Waals surface area contributed by atoms with Gasteiger partial charge in [0, 0.05) is 6.20 Å². The third-order valence-corrected chi connectivity index (χ3v) is 7.23. The number of phosphoric ester groups is 1. The summed E-state index contributed by atoms with van der Waals surface area (Å²) in [4.78, 5) is 60.3. The molecule has 2 heterocycles. The van der Waals surface area contributed by atoms with E-state index in [-0.39, 0.29) is 17.9 Å². The molecule has 0 aromatic carbocycles. The van der Waals surface area contributed by atoms with E-state index < -0.39 is 53.7 Å². The first-order chi connectivity index (χ1) is 12.7. The molecule has 1 aliphatic rings. The van der Waals surface area contributed by atoms with Gasteiger partial charge in [-0.3, -0.25) is 18.9 Å². The van der Waals surface area contributed by atoms with Gasteiger partial charge in [-0.1, -0.05) is 11.6 Å². The predicted octanol–water partition coefficient (Wildman–Crippen LogP) is 0.211. The number of hydrogen-bond donors (Lipinski definition) is 5. The molecule has 1 aromatic rings. The summed E-state index contributed by atoms with van der Waals surface area (Å²) in [6.07, 6.45) is -0.252. The molecule has 1 aromatic heterocycles. The van der Waals surface area contributed by atoms with Gasteiger partial charge in [-0.2, -0.15) is 8.62 Å². The van der Waals surface area contributed by atoms with Crippen LogP contribution < -0.4 is 11.2 Å². The average Bonchev–Trinajstić information content (AvgIpc) is 2.94. The first-order valence-electron chi connectivity index (χ1n) is 7.12. The highest BCUT2D eigenvalue weighted by Crippen LogP contribution is 2.66. The quantitative estimate of drug-likeness (QED) is 0.310. The van der Waals surface area contributed by atoms with Crippen molar-refractivity contribution in [2.45, 2.75) is 25.2 Å². The average molecular weight is 487 g/mol. The Labute approximate surface area is 160 Å². The molecular weight excluding hydrogens is 472 g/mol. The maximum absolute atomic E-state index is 11.8. The Balaban J connectivity index is 1.95. The van der Waals surface area contributed by atoms with E-state index in [1.54, 1.807) is 0 Å². The van der Waals surface area contributed by atoms with Gasteiger partial charge in [0.25, 0.3) is 5.56 Å². The van der Waals surface area contributed by atoms with Crippen molar-refractivity contribution < 1.29 is 51.2 Å². The summed E-state index contributed by atoms with van der Waals surface area (Å²) in [6, 6.07) is 0. The molecule has 0 saturated carbocycles. The molecule has 1 fully saturated rings. The second kappa shape index (κ2) is 8.60. The van der Waals surface area contributed by atoms with E-state index in [1.165, 1.54) is 0 Å². The standard InChI is InChI=1S/C9H14ClN2O13P3/c10-6-3-12(9(14)11-8(6)13)7-2-1-5(23-7)4-22-27(18,19)25-28(20,21)24-26(15,16)17/h3,5,7H,1-2,4H2,(H,18,19)(H,20,21)(H,11,13,14)(H2,15,16,17)/t5-,7+/m0/s1. The van der Waals surface area contributed by atoms with E-state index in [0.717, 1.165) is 10.8 Å². The smallest absolute Gasteiger partial charge is 0.352 e. The summed E-state index contributed by atoms with van der Waals surface area (Å²) >= 11 is 5.64. The van der Waals surface area contributed by atoms with Crippen molar-refractivity contribution in [2.75, 3.05) is 6.61 Å². The Morgan fingerprint density at radius 2 is 1.79 bits per heavy atom. The summed E-state index contributed by atoms with van der Waals surface area (Å²) < 4.78 is 51.4. The van der Waals surface area contributed by atoms with Crippen molar-refractivity contribution in [3.05, 3.63) is 32.1 Å². The highest BCUT2D eigenvalue weighted by molar-refractivity contribution is 7.66. The van der Waals surface area contributed by atoms with Crippen LogP contribution in [-0.2, 0) is 31.6 Å². The van der Waals surface area contributed by atoms with Gasteiger partial charge >= 0.3 is 29.2 Å². The molecule has 0 aliphatic carbocycles. The Morgan fingerprint density at radius 1 is 1.14 bits per heavy atom. The van der Waals surface area contributed by atoms with Gasteiger partial charge in [0.1, 0.15) is 11.3 Å². The largest absolute Gasteiger partial charge is 0.490 e. The lowest BCUT2D eigenvalue weighted by Crippen LogP contribution is -2.32. The van der Waals surface area contributed by atoms with Gasteiger partial charge in [-0.05, 0) is 12.8 Å². The molecule has 160 valence electrons. The zero-order valence-corrected chi connectivity index (χ0v) is 16.9. The summed E-state index contributed by atoms with van der Waals surface area (Å²) in [6.45, 7) is -0.647. The fraction of sp³-hybridized carbons (Fsp3) is 0.556. The molecule has 2 unspecified atom stereocenters. The van der Waals surface area contributed by atoms with E-state index >= 15 is 0 Å². The van der Waals surface area contributed by atoms with E-state index in [9.17, 15) is 28.2 Å². The van der Waals surface area contributed by atoms with E-state index in [1.807, 2.05) is 4.98 Å². The number of hydrogen-bond acceptors (Lipinski definition) is 9.